The van der Waals surface area contributed by atoms with E-state index in [1.165, 1.54) is 38.9 Å². The van der Waals surface area contributed by atoms with Gasteiger partial charge < -0.3 is 0 Å². The van der Waals surface area contributed by atoms with Crippen molar-refractivity contribution < 1.29 is 0 Å². The van der Waals surface area contributed by atoms with Gasteiger partial charge in [0, 0.05) is 0 Å². The topological polar surface area (TPSA) is 0 Å². The van der Waals surface area contributed by atoms with Gasteiger partial charge in [-0.15, -0.1) is 0 Å². The largest absolute Gasteiger partial charge is 0.0622 e. The third-order valence-electron chi connectivity index (χ3n) is 4.39. The molecular formula is C21H20. The first-order valence-corrected chi connectivity index (χ1v) is 7.40. The molecule has 0 radical (unpaired) electrons. The van der Waals surface area contributed by atoms with Gasteiger partial charge in [-0.3, -0.25) is 0 Å². The lowest BCUT2D eigenvalue weighted by atomic mass is 9.88. The molecule has 0 N–H and O–H groups in total. The van der Waals surface area contributed by atoms with Crippen molar-refractivity contribution in [2.75, 3.05) is 0 Å². The maximum atomic E-state index is 2.34. The fourth-order valence-electron chi connectivity index (χ4n) is 2.88. The fourth-order valence-corrected chi connectivity index (χ4v) is 2.88. The molecule has 0 aliphatic heterocycles. The van der Waals surface area contributed by atoms with Crippen LogP contribution in [0.4, 0.5) is 0 Å². The Bertz CT molecular complexity index is 689. The van der Waals surface area contributed by atoms with Crippen LogP contribution >= 0.6 is 0 Å². The molecule has 0 spiro atoms. The molecule has 0 heteroatoms. The molecule has 0 nitrogen and oxygen atoms in total. The highest BCUT2D eigenvalue weighted by Gasteiger charge is 2.11. The van der Waals surface area contributed by atoms with E-state index < -0.39 is 0 Å². The summed E-state index contributed by atoms with van der Waals surface area (Å²) in [6.45, 7) is 6.67. The van der Waals surface area contributed by atoms with Gasteiger partial charge in [-0.2, -0.15) is 0 Å². The Morgan fingerprint density at radius 2 is 0.857 bits per heavy atom. The Morgan fingerprint density at radius 1 is 0.476 bits per heavy atom. The molecule has 0 fully saturated rings. The molecule has 0 amide bonds. The van der Waals surface area contributed by atoms with Crippen LogP contribution in [0.1, 0.15) is 16.7 Å². The number of benzene rings is 3. The molecule has 0 aliphatic carbocycles. The second kappa shape index (κ2) is 5.57. The van der Waals surface area contributed by atoms with Gasteiger partial charge in [0.2, 0.25) is 0 Å². The average Bonchev–Trinajstić information content (AvgIpc) is 2.55. The van der Waals surface area contributed by atoms with Gasteiger partial charge in [-0.1, -0.05) is 60.7 Å². The van der Waals surface area contributed by atoms with Gasteiger partial charge in [0.25, 0.3) is 0 Å². The summed E-state index contributed by atoms with van der Waals surface area (Å²) in [5.74, 6) is 0. The molecule has 0 aromatic heterocycles. The van der Waals surface area contributed by atoms with Crippen molar-refractivity contribution in [1.82, 2.24) is 0 Å². The van der Waals surface area contributed by atoms with E-state index in [2.05, 4.69) is 87.5 Å². The monoisotopic (exact) mass is 272 g/mol. The molecule has 3 aromatic rings. The van der Waals surface area contributed by atoms with Crippen LogP contribution in [0.5, 0.6) is 0 Å². The van der Waals surface area contributed by atoms with Gasteiger partial charge in [0.05, 0.1) is 0 Å². The maximum Gasteiger partial charge on any atom is -0.0146 e. The highest BCUT2D eigenvalue weighted by atomic mass is 14.2. The van der Waals surface area contributed by atoms with Crippen LogP contribution in [0.25, 0.3) is 22.3 Å². The Kier molecular flexibility index (Phi) is 3.62. The zero-order valence-electron chi connectivity index (χ0n) is 12.9. The van der Waals surface area contributed by atoms with Gasteiger partial charge >= 0.3 is 0 Å². The standard InChI is InChI=1S/C21H20/c1-15-16(2)20(18-10-6-4-7-11-18)14-21(17(15)3)19-12-8-5-9-13-19/h4-14H,1-3H3. The van der Waals surface area contributed by atoms with E-state index in [9.17, 15) is 0 Å². The Balaban J connectivity index is 2.26. The molecule has 0 bridgehead atoms. The van der Waals surface area contributed by atoms with Crippen LogP contribution in [0.15, 0.2) is 66.7 Å². The van der Waals surface area contributed by atoms with Crippen LogP contribution < -0.4 is 0 Å². The smallest absolute Gasteiger partial charge is 0.0146 e. The first-order valence-electron chi connectivity index (χ1n) is 7.40. The summed E-state index contributed by atoms with van der Waals surface area (Å²) >= 11 is 0. The lowest BCUT2D eigenvalue weighted by Gasteiger charge is -2.17. The number of hydrogen-bond acceptors (Lipinski definition) is 0. The molecule has 21 heavy (non-hydrogen) atoms. The van der Waals surface area contributed by atoms with Crippen molar-refractivity contribution >= 4 is 0 Å². The highest BCUT2D eigenvalue weighted by Crippen LogP contribution is 2.34. The summed E-state index contributed by atoms with van der Waals surface area (Å²) in [6, 6.07) is 23.6. The van der Waals surface area contributed by atoms with E-state index in [-0.39, 0.29) is 0 Å². The molecule has 0 saturated heterocycles. The van der Waals surface area contributed by atoms with Crippen LogP contribution in [-0.2, 0) is 0 Å². The zero-order chi connectivity index (χ0) is 14.8. The Labute approximate surface area is 127 Å². The summed E-state index contributed by atoms with van der Waals surface area (Å²) in [7, 11) is 0. The average molecular weight is 272 g/mol. The van der Waals surface area contributed by atoms with Gasteiger partial charge in [-0.25, -0.2) is 0 Å². The number of rotatable bonds is 2. The van der Waals surface area contributed by atoms with Crippen molar-refractivity contribution in [2.24, 2.45) is 0 Å². The van der Waals surface area contributed by atoms with Crippen LogP contribution in [0.3, 0.4) is 0 Å². The van der Waals surface area contributed by atoms with E-state index in [1.54, 1.807) is 0 Å². The molecule has 0 unspecified atom stereocenters. The second-order valence-electron chi connectivity index (χ2n) is 5.58. The summed E-state index contributed by atoms with van der Waals surface area (Å²) in [5, 5.41) is 0. The first kappa shape index (κ1) is 13.6. The van der Waals surface area contributed by atoms with Crippen molar-refractivity contribution in [2.45, 2.75) is 20.8 Å². The van der Waals surface area contributed by atoms with E-state index in [0.29, 0.717) is 0 Å². The van der Waals surface area contributed by atoms with E-state index in [0.717, 1.165) is 0 Å². The minimum Gasteiger partial charge on any atom is -0.0622 e. The molecule has 3 rings (SSSR count). The molecule has 3 aromatic carbocycles. The van der Waals surface area contributed by atoms with E-state index in [1.807, 2.05) is 0 Å². The van der Waals surface area contributed by atoms with Gasteiger partial charge in [-0.05, 0) is 65.8 Å². The van der Waals surface area contributed by atoms with Gasteiger partial charge in [0.1, 0.15) is 0 Å². The second-order valence-corrected chi connectivity index (χ2v) is 5.58. The van der Waals surface area contributed by atoms with Crippen molar-refractivity contribution in [3.05, 3.63) is 83.4 Å². The van der Waals surface area contributed by atoms with Crippen LogP contribution in [-0.4, -0.2) is 0 Å². The van der Waals surface area contributed by atoms with Crippen molar-refractivity contribution in [3.8, 4) is 22.3 Å². The Morgan fingerprint density at radius 3 is 1.24 bits per heavy atom. The quantitative estimate of drug-likeness (QED) is 0.541. The predicted molar refractivity (Wildman–Crippen MR) is 91.5 cm³/mol. The number of hydrogen-bond donors (Lipinski definition) is 0. The predicted octanol–water partition coefficient (Wildman–Crippen LogP) is 5.95. The van der Waals surface area contributed by atoms with Crippen molar-refractivity contribution in [1.29, 1.82) is 0 Å². The molecule has 0 saturated carbocycles. The maximum absolute atomic E-state index is 2.34. The first-order chi connectivity index (χ1) is 10.2. The molecule has 0 atom stereocenters. The lowest BCUT2D eigenvalue weighted by Crippen LogP contribution is -1.95. The third-order valence-corrected chi connectivity index (χ3v) is 4.39. The Hall–Kier alpha value is -2.34. The summed E-state index contributed by atoms with van der Waals surface area (Å²) in [4.78, 5) is 0. The molecular weight excluding hydrogens is 252 g/mol. The minimum absolute atomic E-state index is 1.29. The molecule has 104 valence electrons. The zero-order valence-corrected chi connectivity index (χ0v) is 12.9. The highest BCUT2D eigenvalue weighted by molar-refractivity contribution is 5.79. The van der Waals surface area contributed by atoms with Gasteiger partial charge in [0.15, 0.2) is 0 Å². The van der Waals surface area contributed by atoms with E-state index >= 15 is 0 Å². The van der Waals surface area contributed by atoms with E-state index in [4.69, 9.17) is 0 Å². The van der Waals surface area contributed by atoms with Crippen LogP contribution in [0, 0.1) is 20.8 Å². The summed E-state index contributed by atoms with van der Waals surface area (Å²) < 4.78 is 0. The summed E-state index contributed by atoms with van der Waals surface area (Å²) in [5.41, 5.74) is 9.37. The SMILES string of the molecule is Cc1c(-c2ccccc2)cc(-c2ccccc2)c(C)c1C. The van der Waals surface area contributed by atoms with Crippen molar-refractivity contribution in [3.63, 3.8) is 0 Å². The normalized spacial score (nSPS) is 10.6. The lowest BCUT2D eigenvalue weighted by molar-refractivity contribution is 1.27. The minimum atomic E-state index is 1.29. The fraction of sp³-hybridized carbons (Fsp3) is 0.143. The molecule has 0 heterocycles. The molecule has 0 aliphatic rings. The third kappa shape index (κ3) is 2.50. The van der Waals surface area contributed by atoms with Crippen LogP contribution in [0.2, 0.25) is 0 Å². The summed E-state index contributed by atoms with van der Waals surface area (Å²) in [6.07, 6.45) is 0.